The van der Waals surface area contributed by atoms with E-state index in [0.717, 1.165) is 16.7 Å². The lowest BCUT2D eigenvalue weighted by Crippen LogP contribution is -1.96. The van der Waals surface area contributed by atoms with Gasteiger partial charge in [-0.2, -0.15) is 0 Å². The number of hydrogen-bond acceptors (Lipinski definition) is 3. The lowest BCUT2D eigenvalue weighted by Gasteiger charge is -2.12. The van der Waals surface area contributed by atoms with Crippen molar-refractivity contribution in [1.82, 2.24) is 4.98 Å². The summed E-state index contributed by atoms with van der Waals surface area (Å²) in [4.78, 5) is 4.23. The molecule has 0 N–H and O–H groups in total. The zero-order chi connectivity index (χ0) is 9.38. The number of fused-ring (bicyclic) bond motifs is 2. The summed E-state index contributed by atoms with van der Waals surface area (Å²) in [5.41, 5.74) is 0.908. The average Bonchev–Trinajstić information content (AvgIpc) is 2.26. The van der Waals surface area contributed by atoms with E-state index in [1.807, 2.05) is 24.3 Å². The van der Waals surface area contributed by atoms with Crippen molar-refractivity contribution in [1.29, 1.82) is 0 Å². The van der Waals surface area contributed by atoms with Crippen LogP contribution in [0.3, 0.4) is 0 Å². The molecule has 0 saturated heterocycles. The van der Waals surface area contributed by atoms with Gasteiger partial charge < -0.3 is 9.47 Å². The Morgan fingerprint density at radius 1 is 1.00 bits per heavy atom. The molecule has 14 heavy (non-hydrogen) atoms. The molecule has 0 aliphatic carbocycles. The fourth-order valence-corrected chi connectivity index (χ4v) is 1.47. The van der Waals surface area contributed by atoms with Gasteiger partial charge in [-0.1, -0.05) is 6.07 Å². The second kappa shape index (κ2) is 2.73. The standard InChI is InChI=1S/C11H7NO2/c1-2-8-6-10-11(14-5-4-13-10)7-9(8)12-3-1/h1-7H. The maximum absolute atomic E-state index is 5.30. The van der Waals surface area contributed by atoms with Crippen LogP contribution in [0.1, 0.15) is 0 Å². The Labute approximate surface area is 80.6 Å². The fourth-order valence-electron chi connectivity index (χ4n) is 1.47. The van der Waals surface area contributed by atoms with E-state index in [0.29, 0.717) is 5.75 Å². The predicted molar refractivity (Wildman–Crippen MR) is 52.1 cm³/mol. The Bertz CT molecular complexity index is 473. The zero-order valence-electron chi connectivity index (χ0n) is 7.31. The van der Waals surface area contributed by atoms with E-state index in [4.69, 9.17) is 9.47 Å². The van der Waals surface area contributed by atoms with Gasteiger partial charge in [0.2, 0.25) is 0 Å². The summed E-state index contributed by atoms with van der Waals surface area (Å²) in [6.45, 7) is 0. The fraction of sp³-hybridized carbons (Fsp3) is 0. The van der Waals surface area contributed by atoms with Crippen molar-refractivity contribution in [2.75, 3.05) is 0 Å². The summed E-state index contributed by atoms with van der Waals surface area (Å²) >= 11 is 0. The summed E-state index contributed by atoms with van der Waals surface area (Å²) in [6.07, 6.45) is 4.79. The molecule has 0 atom stereocenters. The van der Waals surface area contributed by atoms with Crippen LogP contribution >= 0.6 is 0 Å². The summed E-state index contributed by atoms with van der Waals surface area (Å²) in [5, 5.41) is 1.05. The first kappa shape index (κ1) is 7.38. The molecule has 1 aliphatic heterocycles. The van der Waals surface area contributed by atoms with Crippen LogP contribution in [0, 0.1) is 0 Å². The van der Waals surface area contributed by atoms with Crippen molar-refractivity contribution in [3.63, 3.8) is 0 Å². The zero-order valence-corrected chi connectivity index (χ0v) is 7.31. The van der Waals surface area contributed by atoms with Gasteiger partial charge >= 0.3 is 0 Å². The molecule has 0 bridgehead atoms. The third-order valence-corrected chi connectivity index (χ3v) is 2.11. The van der Waals surface area contributed by atoms with Crippen LogP contribution in [0.2, 0.25) is 0 Å². The van der Waals surface area contributed by atoms with Gasteiger partial charge in [-0.25, -0.2) is 0 Å². The van der Waals surface area contributed by atoms with Gasteiger partial charge in [0.1, 0.15) is 12.5 Å². The Morgan fingerprint density at radius 3 is 2.64 bits per heavy atom. The van der Waals surface area contributed by atoms with Crippen molar-refractivity contribution in [3.05, 3.63) is 43.0 Å². The predicted octanol–water partition coefficient (Wildman–Crippen LogP) is 2.48. The minimum Gasteiger partial charge on any atom is -0.458 e. The molecule has 3 heteroatoms. The number of aromatic nitrogens is 1. The Hall–Kier alpha value is -2.03. The second-order valence-electron chi connectivity index (χ2n) is 3.00. The van der Waals surface area contributed by atoms with Crippen LogP contribution in [0.4, 0.5) is 0 Å². The number of ether oxygens (including phenoxy) is 2. The molecule has 1 aromatic carbocycles. The Morgan fingerprint density at radius 2 is 1.79 bits per heavy atom. The first-order valence-corrected chi connectivity index (χ1v) is 4.30. The van der Waals surface area contributed by atoms with Gasteiger partial charge in [0.05, 0.1) is 5.52 Å². The van der Waals surface area contributed by atoms with E-state index >= 15 is 0 Å². The van der Waals surface area contributed by atoms with E-state index in [-0.39, 0.29) is 0 Å². The third-order valence-electron chi connectivity index (χ3n) is 2.11. The van der Waals surface area contributed by atoms with Crippen molar-refractivity contribution in [2.45, 2.75) is 0 Å². The van der Waals surface area contributed by atoms with E-state index in [9.17, 15) is 0 Å². The van der Waals surface area contributed by atoms with Crippen molar-refractivity contribution in [3.8, 4) is 11.5 Å². The minimum atomic E-state index is 0.707. The van der Waals surface area contributed by atoms with Crippen molar-refractivity contribution >= 4 is 10.9 Å². The van der Waals surface area contributed by atoms with Crippen molar-refractivity contribution in [2.24, 2.45) is 0 Å². The average molecular weight is 185 g/mol. The molecular weight excluding hydrogens is 178 g/mol. The molecular formula is C11H7NO2. The molecule has 0 spiro atoms. The smallest absolute Gasteiger partial charge is 0.171 e. The molecule has 0 saturated carbocycles. The van der Waals surface area contributed by atoms with E-state index in [1.165, 1.54) is 12.5 Å². The topological polar surface area (TPSA) is 31.4 Å². The molecule has 0 unspecified atom stereocenters. The molecule has 1 aliphatic rings. The number of hydrogen-bond donors (Lipinski definition) is 0. The van der Waals surface area contributed by atoms with Crippen LogP contribution in [0.25, 0.3) is 10.9 Å². The molecule has 1 aromatic heterocycles. The number of rotatable bonds is 0. The summed E-state index contributed by atoms with van der Waals surface area (Å²) in [5.74, 6) is 1.44. The van der Waals surface area contributed by atoms with Gasteiger partial charge in [0.25, 0.3) is 0 Å². The van der Waals surface area contributed by atoms with E-state index < -0.39 is 0 Å². The highest BCUT2D eigenvalue weighted by Gasteiger charge is 2.09. The molecule has 0 amide bonds. The molecule has 68 valence electrons. The first-order chi connectivity index (χ1) is 6.93. The van der Waals surface area contributed by atoms with Crippen LogP contribution in [-0.2, 0) is 0 Å². The van der Waals surface area contributed by atoms with Crippen LogP contribution < -0.4 is 9.47 Å². The maximum atomic E-state index is 5.30. The van der Waals surface area contributed by atoms with Crippen LogP contribution in [-0.4, -0.2) is 4.98 Å². The summed E-state index contributed by atoms with van der Waals surface area (Å²) < 4.78 is 10.6. The number of benzene rings is 1. The molecule has 3 rings (SSSR count). The van der Waals surface area contributed by atoms with Gasteiger partial charge in [-0.3, -0.25) is 4.98 Å². The number of pyridine rings is 1. The highest BCUT2D eigenvalue weighted by molar-refractivity contribution is 5.82. The lowest BCUT2D eigenvalue weighted by molar-refractivity contribution is 0.362. The normalized spacial score (nSPS) is 13.1. The Kier molecular flexibility index (Phi) is 1.44. The van der Waals surface area contributed by atoms with Gasteiger partial charge in [-0.05, 0) is 12.1 Å². The van der Waals surface area contributed by atoms with Crippen LogP contribution in [0.15, 0.2) is 43.0 Å². The molecule has 0 radical (unpaired) electrons. The highest BCUT2D eigenvalue weighted by Crippen LogP contribution is 2.33. The van der Waals surface area contributed by atoms with Crippen LogP contribution in [0.5, 0.6) is 11.5 Å². The molecule has 2 heterocycles. The highest BCUT2D eigenvalue weighted by atomic mass is 16.5. The SMILES string of the molecule is C1=COc2cc3ncccc3cc2O1. The maximum Gasteiger partial charge on any atom is 0.171 e. The quantitative estimate of drug-likeness (QED) is 0.631. The van der Waals surface area contributed by atoms with Gasteiger partial charge in [-0.15, -0.1) is 0 Å². The van der Waals surface area contributed by atoms with E-state index in [1.54, 1.807) is 6.20 Å². The Balaban J connectivity index is 2.30. The largest absolute Gasteiger partial charge is 0.458 e. The first-order valence-electron chi connectivity index (χ1n) is 4.30. The summed E-state index contributed by atoms with van der Waals surface area (Å²) in [7, 11) is 0. The second-order valence-corrected chi connectivity index (χ2v) is 3.00. The van der Waals surface area contributed by atoms with Gasteiger partial charge in [0, 0.05) is 17.6 Å². The third kappa shape index (κ3) is 1.03. The molecule has 0 fully saturated rings. The monoisotopic (exact) mass is 185 g/mol. The molecule has 2 aromatic rings. The van der Waals surface area contributed by atoms with Gasteiger partial charge in [0.15, 0.2) is 11.5 Å². The minimum absolute atomic E-state index is 0.707. The van der Waals surface area contributed by atoms with E-state index in [2.05, 4.69) is 4.98 Å². The van der Waals surface area contributed by atoms with Crippen molar-refractivity contribution < 1.29 is 9.47 Å². The molecule has 3 nitrogen and oxygen atoms in total. The number of nitrogens with zero attached hydrogens (tertiary/aromatic N) is 1. The lowest BCUT2D eigenvalue weighted by atomic mass is 10.2. The summed E-state index contributed by atoms with van der Waals surface area (Å²) in [6, 6.07) is 7.67.